The van der Waals surface area contributed by atoms with E-state index in [1.54, 1.807) is 6.07 Å². The summed E-state index contributed by atoms with van der Waals surface area (Å²) in [6.45, 7) is 3.46. The number of phenolic OH excluding ortho intramolecular Hbond substituents is 2. The first kappa shape index (κ1) is 26.4. The third kappa shape index (κ3) is 5.32. The zero-order chi connectivity index (χ0) is 26.9. The van der Waals surface area contributed by atoms with E-state index < -0.39 is 11.0 Å². The van der Waals surface area contributed by atoms with E-state index in [9.17, 15) is 15.3 Å². The molecular weight excluding hydrogens is 484 g/mol. The number of hydrogen-bond donors (Lipinski definition) is 4. The second kappa shape index (κ2) is 11.0. The van der Waals surface area contributed by atoms with Gasteiger partial charge in [0.05, 0.1) is 5.60 Å². The molecule has 0 aliphatic heterocycles. The Morgan fingerprint density at radius 2 is 1.49 bits per heavy atom. The van der Waals surface area contributed by atoms with Crippen molar-refractivity contribution in [3.8, 4) is 11.5 Å². The summed E-state index contributed by atoms with van der Waals surface area (Å²) in [6, 6.07) is 25.1. The molecule has 3 aromatic rings. The molecule has 2 unspecified atom stereocenters. The molecule has 0 saturated heterocycles. The Labute approximate surface area is 232 Å². The SMILES string of the molecule is Oc1ccc2c(c1O)[C@@]1(CCNCC3CC3)CC(N(Cc3ccccc3)Cc3ccccc3)CCC1(O)CC2. The predicted molar refractivity (Wildman–Crippen MR) is 155 cm³/mol. The molecule has 3 aromatic carbocycles. The summed E-state index contributed by atoms with van der Waals surface area (Å²) in [5.41, 5.74) is 2.87. The second-order valence-electron chi connectivity index (χ2n) is 12.3. The average Bonchev–Trinajstić information content (AvgIpc) is 3.78. The van der Waals surface area contributed by atoms with E-state index in [0.29, 0.717) is 12.8 Å². The number of hydrogen-bond acceptors (Lipinski definition) is 5. The molecule has 2 saturated carbocycles. The van der Waals surface area contributed by atoms with Crippen molar-refractivity contribution in [3.05, 3.63) is 95.1 Å². The quantitative estimate of drug-likeness (QED) is 0.203. The van der Waals surface area contributed by atoms with E-state index in [2.05, 4.69) is 70.9 Å². The topological polar surface area (TPSA) is 76.0 Å². The molecule has 5 nitrogen and oxygen atoms in total. The van der Waals surface area contributed by atoms with Gasteiger partial charge in [-0.1, -0.05) is 66.7 Å². The molecule has 39 heavy (non-hydrogen) atoms. The molecule has 3 atom stereocenters. The van der Waals surface area contributed by atoms with Crippen molar-refractivity contribution in [3.63, 3.8) is 0 Å². The highest BCUT2D eigenvalue weighted by Crippen LogP contribution is 2.58. The van der Waals surface area contributed by atoms with E-state index in [4.69, 9.17) is 0 Å². The van der Waals surface area contributed by atoms with Gasteiger partial charge in [-0.15, -0.1) is 0 Å². The van der Waals surface area contributed by atoms with Crippen LogP contribution < -0.4 is 5.32 Å². The highest BCUT2D eigenvalue weighted by Gasteiger charge is 2.58. The average molecular weight is 527 g/mol. The van der Waals surface area contributed by atoms with E-state index >= 15 is 0 Å². The molecule has 5 heteroatoms. The molecule has 0 bridgehead atoms. The largest absolute Gasteiger partial charge is 0.504 e. The van der Waals surface area contributed by atoms with Crippen molar-refractivity contribution in [2.75, 3.05) is 13.1 Å². The number of fused-ring (bicyclic) bond motifs is 3. The lowest BCUT2D eigenvalue weighted by molar-refractivity contribution is -0.108. The van der Waals surface area contributed by atoms with Crippen LogP contribution in [0.1, 0.15) is 67.2 Å². The molecule has 4 N–H and O–H groups in total. The Morgan fingerprint density at radius 3 is 2.13 bits per heavy atom. The maximum atomic E-state index is 12.4. The van der Waals surface area contributed by atoms with Gasteiger partial charge in [-0.2, -0.15) is 0 Å². The molecule has 3 aliphatic carbocycles. The molecule has 2 fully saturated rings. The van der Waals surface area contributed by atoms with Crippen LogP contribution in [-0.2, 0) is 24.9 Å². The number of nitrogens with zero attached hydrogens (tertiary/aromatic N) is 1. The third-order valence-corrected chi connectivity index (χ3v) is 9.73. The van der Waals surface area contributed by atoms with Gasteiger partial charge in [-0.05, 0) is 93.1 Å². The lowest BCUT2D eigenvalue weighted by Gasteiger charge is -2.58. The van der Waals surface area contributed by atoms with Crippen molar-refractivity contribution in [2.45, 2.75) is 81.5 Å². The van der Waals surface area contributed by atoms with Crippen molar-refractivity contribution in [2.24, 2.45) is 5.92 Å². The maximum absolute atomic E-state index is 12.4. The van der Waals surface area contributed by atoms with Crippen LogP contribution in [0.2, 0.25) is 0 Å². The van der Waals surface area contributed by atoms with Crippen molar-refractivity contribution in [1.82, 2.24) is 10.2 Å². The van der Waals surface area contributed by atoms with Gasteiger partial charge >= 0.3 is 0 Å². The number of aromatic hydroxyl groups is 2. The Bertz CT molecular complexity index is 1220. The number of benzene rings is 3. The minimum Gasteiger partial charge on any atom is -0.504 e. The molecule has 0 aromatic heterocycles. The van der Waals surface area contributed by atoms with Gasteiger partial charge < -0.3 is 20.6 Å². The number of phenols is 2. The number of aliphatic hydroxyl groups is 1. The van der Waals surface area contributed by atoms with Crippen LogP contribution in [0.15, 0.2) is 72.8 Å². The van der Waals surface area contributed by atoms with Gasteiger partial charge in [-0.3, -0.25) is 4.90 Å². The molecule has 0 amide bonds. The maximum Gasteiger partial charge on any atom is 0.161 e. The summed E-state index contributed by atoms with van der Waals surface area (Å²) < 4.78 is 0. The van der Waals surface area contributed by atoms with Crippen LogP contribution in [0.5, 0.6) is 11.5 Å². The summed E-state index contributed by atoms with van der Waals surface area (Å²) >= 11 is 0. The molecule has 0 spiro atoms. The van der Waals surface area contributed by atoms with Gasteiger partial charge in [0.1, 0.15) is 0 Å². The van der Waals surface area contributed by atoms with Crippen LogP contribution >= 0.6 is 0 Å². The lowest BCUT2D eigenvalue weighted by Crippen LogP contribution is -2.61. The van der Waals surface area contributed by atoms with Gasteiger partial charge in [0, 0.05) is 30.1 Å². The second-order valence-corrected chi connectivity index (χ2v) is 12.3. The molecule has 206 valence electrons. The van der Waals surface area contributed by atoms with Crippen LogP contribution in [0.3, 0.4) is 0 Å². The fraction of sp³-hybridized carbons (Fsp3) is 0.471. The molecule has 6 rings (SSSR count). The zero-order valence-electron chi connectivity index (χ0n) is 22.9. The minimum absolute atomic E-state index is 0.0360. The molecule has 0 radical (unpaired) electrons. The van der Waals surface area contributed by atoms with E-state index in [-0.39, 0.29) is 17.5 Å². The fourth-order valence-corrected chi connectivity index (χ4v) is 7.40. The monoisotopic (exact) mass is 526 g/mol. The summed E-state index contributed by atoms with van der Waals surface area (Å²) in [6.07, 6.45) is 7.10. The van der Waals surface area contributed by atoms with Crippen LogP contribution in [-0.4, -0.2) is 45.0 Å². The van der Waals surface area contributed by atoms with Crippen molar-refractivity contribution < 1.29 is 15.3 Å². The number of nitrogens with one attached hydrogen (secondary N) is 1. The predicted octanol–water partition coefficient (Wildman–Crippen LogP) is 5.66. The van der Waals surface area contributed by atoms with E-state index in [1.165, 1.54) is 24.0 Å². The first-order valence-electron chi connectivity index (χ1n) is 14.8. The number of rotatable bonds is 10. The summed E-state index contributed by atoms with van der Waals surface area (Å²) in [5, 5.41) is 38.0. The zero-order valence-corrected chi connectivity index (χ0v) is 22.9. The highest BCUT2D eigenvalue weighted by molar-refractivity contribution is 5.56. The highest BCUT2D eigenvalue weighted by atomic mass is 16.3. The van der Waals surface area contributed by atoms with Crippen LogP contribution in [0.4, 0.5) is 0 Å². The van der Waals surface area contributed by atoms with Gasteiger partial charge in [0.2, 0.25) is 0 Å². The minimum atomic E-state index is -0.909. The normalized spacial score (nSPS) is 26.3. The fourth-order valence-electron chi connectivity index (χ4n) is 7.40. The smallest absolute Gasteiger partial charge is 0.161 e. The van der Waals surface area contributed by atoms with Gasteiger partial charge in [0.25, 0.3) is 0 Å². The van der Waals surface area contributed by atoms with Crippen LogP contribution in [0, 0.1) is 5.92 Å². The van der Waals surface area contributed by atoms with Gasteiger partial charge in [-0.25, -0.2) is 0 Å². The van der Waals surface area contributed by atoms with E-state index in [1.807, 2.05) is 6.07 Å². The van der Waals surface area contributed by atoms with Gasteiger partial charge in [0.15, 0.2) is 11.5 Å². The lowest BCUT2D eigenvalue weighted by atomic mass is 9.52. The van der Waals surface area contributed by atoms with Crippen LogP contribution in [0.25, 0.3) is 0 Å². The molecular formula is C34H42N2O3. The van der Waals surface area contributed by atoms with Crippen molar-refractivity contribution >= 4 is 0 Å². The van der Waals surface area contributed by atoms with E-state index in [0.717, 1.165) is 68.9 Å². The Balaban J connectivity index is 1.37. The third-order valence-electron chi connectivity index (χ3n) is 9.73. The molecule has 3 aliphatic rings. The first-order valence-corrected chi connectivity index (χ1v) is 14.8. The molecule has 0 heterocycles. The summed E-state index contributed by atoms with van der Waals surface area (Å²) in [4.78, 5) is 2.57. The van der Waals surface area contributed by atoms with Crippen molar-refractivity contribution in [1.29, 1.82) is 0 Å². The first-order chi connectivity index (χ1) is 19.0. The Hall–Kier alpha value is -2.86. The number of aryl methyl sites for hydroxylation is 1. The Kier molecular flexibility index (Phi) is 7.41. The standard InChI is InChI=1S/C34H42N2O3/c37-30-14-13-28-15-17-34(39)18-16-29(21-33(34,31(28)32(30)38)19-20-35-22-25-11-12-25)36(23-26-7-3-1-4-8-26)24-27-9-5-2-6-10-27/h1-10,13-14,25,29,35,37-39H,11-12,15-24H2/t29?,33-,34?/m1/s1. The summed E-state index contributed by atoms with van der Waals surface area (Å²) in [5.74, 6) is 0.658. The Morgan fingerprint density at radius 1 is 0.821 bits per heavy atom. The summed E-state index contributed by atoms with van der Waals surface area (Å²) in [7, 11) is 0.